The molecule has 0 aliphatic rings. The van der Waals surface area contributed by atoms with Crippen molar-refractivity contribution < 1.29 is 8.42 Å². The number of anilines is 2. The second-order valence-electron chi connectivity index (χ2n) is 3.66. The van der Waals surface area contributed by atoms with Gasteiger partial charge in [0.1, 0.15) is 0 Å². The molecule has 19 heavy (non-hydrogen) atoms. The van der Waals surface area contributed by atoms with Crippen molar-refractivity contribution in [1.82, 2.24) is 14.8 Å². The van der Waals surface area contributed by atoms with E-state index in [2.05, 4.69) is 20.2 Å². The van der Waals surface area contributed by atoms with Gasteiger partial charge in [-0.05, 0) is 19.1 Å². The molecular formula is C10H14N6O2S. The van der Waals surface area contributed by atoms with Gasteiger partial charge in [-0.15, -0.1) is 0 Å². The molecular weight excluding hydrogens is 268 g/mol. The number of nitrogens with zero attached hydrogens (tertiary/aromatic N) is 3. The summed E-state index contributed by atoms with van der Waals surface area (Å²) in [5, 5.41) is 3.86. The van der Waals surface area contributed by atoms with E-state index in [1.54, 1.807) is 23.0 Å². The van der Waals surface area contributed by atoms with Crippen LogP contribution in [0.3, 0.4) is 0 Å². The van der Waals surface area contributed by atoms with Gasteiger partial charge in [-0.2, -0.15) is 13.5 Å². The lowest BCUT2D eigenvalue weighted by Crippen LogP contribution is -2.19. The average molecular weight is 282 g/mol. The Morgan fingerprint density at radius 2 is 2.21 bits per heavy atom. The Hall–Kier alpha value is -2.13. The second-order valence-corrected chi connectivity index (χ2v) is 5.26. The van der Waals surface area contributed by atoms with Gasteiger partial charge in [0.05, 0.1) is 5.69 Å². The van der Waals surface area contributed by atoms with Gasteiger partial charge in [0, 0.05) is 25.0 Å². The summed E-state index contributed by atoms with van der Waals surface area (Å²) < 4.78 is 28.3. The minimum absolute atomic E-state index is 0.177. The first-order valence-electron chi connectivity index (χ1n) is 5.54. The largest absolute Gasteiger partial charge is 0.321 e. The van der Waals surface area contributed by atoms with Gasteiger partial charge in [0.2, 0.25) is 5.03 Å². The molecule has 0 aliphatic carbocycles. The number of nitrogens with one attached hydrogen (secondary N) is 2. The van der Waals surface area contributed by atoms with Gasteiger partial charge in [-0.25, -0.2) is 4.98 Å². The molecule has 0 radical (unpaired) electrons. The zero-order valence-corrected chi connectivity index (χ0v) is 11.1. The molecule has 0 saturated heterocycles. The van der Waals surface area contributed by atoms with Gasteiger partial charge in [-0.3, -0.25) is 15.2 Å². The lowest BCUT2D eigenvalue weighted by molar-refractivity contribution is 0.597. The number of rotatable bonds is 5. The normalized spacial score (nSPS) is 11.3. The Kier molecular flexibility index (Phi) is 3.67. The van der Waals surface area contributed by atoms with E-state index in [9.17, 15) is 8.42 Å². The summed E-state index contributed by atoms with van der Waals surface area (Å²) in [7, 11) is -3.83. The van der Waals surface area contributed by atoms with Crippen molar-refractivity contribution in [3.8, 4) is 0 Å². The zero-order chi connectivity index (χ0) is 13.9. The molecule has 8 nitrogen and oxygen atoms in total. The van der Waals surface area contributed by atoms with Crippen molar-refractivity contribution >= 4 is 21.5 Å². The van der Waals surface area contributed by atoms with Crippen molar-refractivity contribution in [2.24, 2.45) is 5.84 Å². The van der Waals surface area contributed by atoms with Crippen LogP contribution in [-0.2, 0) is 16.6 Å². The fourth-order valence-corrected chi connectivity index (χ4v) is 2.59. The quantitative estimate of drug-likeness (QED) is 0.539. The number of nitrogen functional groups attached to an aromatic ring is 1. The van der Waals surface area contributed by atoms with Crippen LogP contribution in [0, 0.1) is 0 Å². The number of aromatic nitrogens is 3. The topological polar surface area (TPSA) is 115 Å². The molecule has 102 valence electrons. The van der Waals surface area contributed by atoms with E-state index < -0.39 is 10.0 Å². The summed E-state index contributed by atoms with van der Waals surface area (Å²) in [6.07, 6.45) is 3.05. The predicted octanol–water partition coefficient (Wildman–Crippen LogP) is 0.384. The smallest absolute Gasteiger partial charge is 0.282 e. The maximum atomic E-state index is 12.2. The first-order chi connectivity index (χ1) is 9.06. The van der Waals surface area contributed by atoms with Crippen molar-refractivity contribution in [3.63, 3.8) is 0 Å². The van der Waals surface area contributed by atoms with Crippen LogP contribution in [0.1, 0.15) is 6.92 Å². The number of aryl methyl sites for hydroxylation is 1. The van der Waals surface area contributed by atoms with Crippen molar-refractivity contribution in [1.29, 1.82) is 0 Å². The Morgan fingerprint density at radius 1 is 1.42 bits per heavy atom. The average Bonchev–Trinajstić information content (AvgIpc) is 2.85. The van der Waals surface area contributed by atoms with Crippen molar-refractivity contribution in [2.75, 3.05) is 10.1 Å². The summed E-state index contributed by atoms with van der Waals surface area (Å²) >= 11 is 0. The highest BCUT2D eigenvalue weighted by Crippen LogP contribution is 2.19. The molecule has 0 spiro atoms. The molecule has 0 atom stereocenters. The SMILES string of the molecule is CCn1ccc(NS(=O)(=O)c2ncccc2NN)n1. The van der Waals surface area contributed by atoms with E-state index in [0.29, 0.717) is 6.54 Å². The van der Waals surface area contributed by atoms with E-state index in [0.717, 1.165) is 0 Å². The van der Waals surface area contributed by atoms with Crippen LogP contribution < -0.4 is 16.0 Å². The number of nitrogens with two attached hydrogens (primary N) is 1. The number of sulfonamides is 1. The third-order valence-corrected chi connectivity index (χ3v) is 3.70. The second kappa shape index (κ2) is 5.24. The Morgan fingerprint density at radius 3 is 2.84 bits per heavy atom. The molecule has 0 amide bonds. The lowest BCUT2D eigenvalue weighted by Gasteiger charge is -2.08. The molecule has 0 aliphatic heterocycles. The van der Waals surface area contributed by atoms with E-state index in [1.165, 1.54) is 12.3 Å². The highest BCUT2D eigenvalue weighted by atomic mass is 32.2. The minimum Gasteiger partial charge on any atom is -0.321 e. The molecule has 2 heterocycles. The highest BCUT2D eigenvalue weighted by molar-refractivity contribution is 7.92. The predicted molar refractivity (Wildman–Crippen MR) is 70.8 cm³/mol. The van der Waals surface area contributed by atoms with E-state index >= 15 is 0 Å². The standard InChI is InChI=1S/C10H14N6O2S/c1-2-16-7-5-9(14-16)15-19(17,18)10-8(13-11)4-3-6-12-10/h3-7,13H,2,11H2,1H3,(H,14,15). The zero-order valence-electron chi connectivity index (χ0n) is 10.2. The molecule has 0 saturated carbocycles. The van der Waals surface area contributed by atoms with Crippen LogP contribution in [0.4, 0.5) is 11.5 Å². The van der Waals surface area contributed by atoms with Crippen molar-refractivity contribution in [2.45, 2.75) is 18.5 Å². The lowest BCUT2D eigenvalue weighted by atomic mass is 10.4. The maximum Gasteiger partial charge on any atom is 0.282 e. The number of pyridine rings is 1. The first-order valence-corrected chi connectivity index (χ1v) is 7.03. The summed E-state index contributed by atoms with van der Waals surface area (Å²) in [6, 6.07) is 4.67. The Labute approximate surface area is 110 Å². The van der Waals surface area contributed by atoms with Crippen LogP contribution in [0.2, 0.25) is 0 Å². The van der Waals surface area contributed by atoms with Crippen LogP contribution >= 0.6 is 0 Å². The first kappa shape index (κ1) is 13.3. The molecule has 2 aromatic rings. The van der Waals surface area contributed by atoms with Crippen LogP contribution in [0.25, 0.3) is 0 Å². The van der Waals surface area contributed by atoms with Crippen LogP contribution in [-0.4, -0.2) is 23.2 Å². The number of hydrazine groups is 1. The van der Waals surface area contributed by atoms with Gasteiger partial charge in [0.15, 0.2) is 5.82 Å². The summed E-state index contributed by atoms with van der Waals surface area (Å²) in [6.45, 7) is 2.56. The van der Waals surface area contributed by atoms with Crippen LogP contribution in [0.5, 0.6) is 0 Å². The number of hydrogen-bond donors (Lipinski definition) is 3. The van der Waals surface area contributed by atoms with Crippen LogP contribution in [0.15, 0.2) is 35.6 Å². The molecule has 9 heteroatoms. The van der Waals surface area contributed by atoms with Gasteiger partial charge >= 0.3 is 0 Å². The van der Waals surface area contributed by atoms with Gasteiger partial charge < -0.3 is 5.43 Å². The van der Waals surface area contributed by atoms with Gasteiger partial charge in [0.25, 0.3) is 10.0 Å². The van der Waals surface area contributed by atoms with Gasteiger partial charge in [-0.1, -0.05) is 0 Å². The summed E-state index contributed by atoms with van der Waals surface area (Å²) in [5.41, 5.74) is 2.51. The van der Waals surface area contributed by atoms with E-state index in [4.69, 9.17) is 5.84 Å². The van der Waals surface area contributed by atoms with E-state index in [1.807, 2.05) is 6.92 Å². The highest BCUT2D eigenvalue weighted by Gasteiger charge is 2.20. The minimum atomic E-state index is -3.83. The molecule has 2 rings (SSSR count). The Bertz CT molecular complexity index is 666. The fraction of sp³-hybridized carbons (Fsp3) is 0.200. The molecule has 0 unspecified atom stereocenters. The fourth-order valence-electron chi connectivity index (χ4n) is 1.49. The Balaban J connectivity index is 2.32. The summed E-state index contributed by atoms with van der Waals surface area (Å²) in [5.74, 6) is 5.50. The third-order valence-electron chi connectivity index (χ3n) is 2.38. The molecule has 0 bridgehead atoms. The third kappa shape index (κ3) is 2.83. The monoisotopic (exact) mass is 282 g/mol. The molecule has 4 N–H and O–H groups in total. The van der Waals surface area contributed by atoms with Crippen molar-refractivity contribution in [3.05, 3.63) is 30.6 Å². The molecule has 0 fully saturated rings. The summed E-state index contributed by atoms with van der Waals surface area (Å²) in [4.78, 5) is 3.82. The molecule has 2 aromatic heterocycles. The van der Waals surface area contributed by atoms with E-state index in [-0.39, 0.29) is 16.5 Å². The molecule has 0 aromatic carbocycles. The number of hydrogen-bond acceptors (Lipinski definition) is 6. The maximum absolute atomic E-state index is 12.2.